The van der Waals surface area contributed by atoms with Crippen LogP contribution >= 0.6 is 0 Å². The minimum Gasteiger partial charge on any atom is -0.342 e. The second kappa shape index (κ2) is 5.83. The number of amides is 1. The third kappa shape index (κ3) is 2.99. The molecule has 0 bridgehead atoms. The summed E-state index contributed by atoms with van der Waals surface area (Å²) in [5.74, 6) is 0.589. The standard InChI is InChI=1S/C13H25N3O/c1-3-6-16-7-4-12(5-8-16)15(2)13(17)11-9-14-10-11/h11-12,14H,3-10H2,1-2H3. The van der Waals surface area contributed by atoms with Gasteiger partial charge >= 0.3 is 0 Å². The normalized spacial score (nSPS) is 23.4. The Morgan fingerprint density at radius 3 is 2.47 bits per heavy atom. The number of nitrogens with zero attached hydrogens (tertiary/aromatic N) is 2. The largest absolute Gasteiger partial charge is 0.342 e. The average molecular weight is 239 g/mol. The Kier molecular flexibility index (Phi) is 4.40. The molecule has 2 aliphatic heterocycles. The smallest absolute Gasteiger partial charge is 0.228 e. The van der Waals surface area contributed by atoms with Crippen molar-refractivity contribution in [2.45, 2.75) is 32.2 Å². The third-order valence-corrected chi connectivity index (χ3v) is 4.12. The molecule has 0 aliphatic carbocycles. The van der Waals surface area contributed by atoms with E-state index >= 15 is 0 Å². The van der Waals surface area contributed by atoms with Gasteiger partial charge in [0, 0.05) is 39.3 Å². The molecule has 2 fully saturated rings. The molecule has 2 heterocycles. The van der Waals surface area contributed by atoms with Crippen molar-refractivity contribution in [2.24, 2.45) is 5.92 Å². The van der Waals surface area contributed by atoms with Crippen LogP contribution in [0.2, 0.25) is 0 Å². The van der Waals surface area contributed by atoms with Crippen molar-refractivity contribution in [1.29, 1.82) is 0 Å². The fraction of sp³-hybridized carbons (Fsp3) is 0.923. The molecule has 2 rings (SSSR count). The summed E-state index contributed by atoms with van der Waals surface area (Å²) in [4.78, 5) is 16.6. The highest BCUT2D eigenvalue weighted by molar-refractivity contribution is 5.80. The van der Waals surface area contributed by atoms with E-state index in [0.717, 1.165) is 39.0 Å². The second-order valence-electron chi connectivity index (χ2n) is 5.38. The molecular formula is C13H25N3O. The summed E-state index contributed by atoms with van der Waals surface area (Å²) >= 11 is 0. The molecule has 1 N–H and O–H groups in total. The molecule has 0 spiro atoms. The van der Waals surface area contributed by atoms with Crippen LogP contribution in [-0.4, -0.2) is 61.5 Å². The summed E-state index contributed by atoms with van der Waals surface area (Å²) in [5, 5.41) is 3.17. The topological polar surface area (TPSA) is 35.6 Å². The minimum absolute atomic E-state index is 0.244. The van der Waals surface area contributed by atoms with Crippen LogP contribution in [0.3, 0.4) is 0 Å². The van der Waals surface area contributed by atoms with Crippen molar-refractivity contribution in [3.63, 3.8) is 0 Å². The molecule has 0 aromatic carbocycles. The summed E-state index contributed by atoms with van der Waals surface area (Å²) < 4.78 is 0. The predicted molar refractivity (Wildman–Crippen MR) is 68.9 cm³/mol. The number of carbonyl (C=O) groups excluding carboxylic acids is 1. The van der Waals surface area contributed by atoms with Crippen LogP contribution in [0.4, 0.5) is 0 Å². The van der Waals surface area contributed by atoms with Gasteiger partial charge in [-0.05, 0) is 25.8 Å². The fourth-order valence-corrected chi connectivity index (χ4v) is 2.78. The van der Waals surface area contributed by atoms with Crippen LogP contribution in [0.25, 0.3) is 0 Å². The zero-order chi connectivity index (χ0) is 12.3. The molecule has 2 saturated heterocycles. The van der Waals surface area contributed by atoms with Crippen LogP contribution in [0, 0.1) is 5.92 Å². The first-order chi connectivity index (χ1) is 8.22. The van der Waals surface area contributed by atoms with Crippen molar-refractivity contribution in [3.05, 3.63) is 0 Å². The molecule has 0 aromatic rings. The maximum absolute atomic E-state index is 12.1. The monoisotopic (exact) mass is 239 g/mol. The SMILES string of the molecule is CCCN1CCC(N(C)C(=O)C2CNC2)CC1. The number of likely N-dealkylation sites (tertiary alicyclic amines) is 1. The molecular weight excluding hydrogens is 214 g/mol. The van der Waals surface area contributed by atoms with E-state index in [2.05, 4.69) is 17.1 Å². The van der Waals surface area contributed by atoms with E-state index in [-0.39, 0.29) is 5.92 Å². The van der Waals surface area contributed by atoms with Gasteiger partial charge in [-0.1, -0.05) is 6.92 Å². The average Bonchev–Trinajstić information content (AvgIpc) is 2.27. The molecule has 1 amide bonds. The first-order valence-corrected chi connectivity index (χ1v) is 6.92. The number of hydrogen-bond donors (Lipinski definition) is 1. The van der Waals surface area contributed by atoms with E-state index in [1.807, 2.05) is 11.9 Å². The van der Waals surface area contributed by atoms with Gasteiger partial charge in [-0.2, -0.15) is 0 Å². The van der Waals surface area contributed by atoms with Gasteiger partial charge in [0.2, 0.25) is 5.91 Å². The number of nitrogens with one attached hydrogen (secondary N) is 1. The van der Waals surface area contributed by atoms with Crippen molar-refractivity contribution in [3.8, 4) is 0 Å². The van der Waals surface area contributed by atoms with Crippen LogP contribution in [0.15, 0.2) is 0 Å². The highest BCUT2D eigenvalue weighted by atomic mass is 16.2. The van der Waals surface area contributed by atoms with E-state index in [4.69, 9.17) is 0 Å². The Morgan fingerprint density at radius 2 is 2.00 bits per heavy atom. The molecule has 0 unspecified atom stereocenters. The van der Waals surface area contributed by atoms with E-state index in [1.165, 1.54) is 13.0 Å². The highest BCUT2D eigenvalue weighted by Gasteiger charge is 2.32. The first kappa shape index (κ1) is 12.8. The lowest BCUT2D eigenvalue weighted by Crippen LogP contribution is -2.54. The van der Waals surface area contributed by atoms with E-state index in [1.54, 1.807) is 0 Å². The van der Waals surface area contributed by atoms with Gasteiger partial charge in [-0.15, -0.1) is 0 Å². The zero-order valence-electron chi connectivity index (χ0n) is 11.1. The maximum atomic E-state index is 12.1. The van der Waals surface area contributed by atoms with E-state index in [0.29, 0.717) is 11.9 Å². The summed E-state index contributed by atoms with van der Waals surface area (Å²) in [6.07, 6.45) is 3.51. The molecule has 4 nitrogen and oxygen atoms in total. The van der Waals surface area contributed by atoms with Crippen molar-refractivity contribution in [1.82, 2.24) is 15.1 Å². The van der Waals surface area contributed by atoms with Gasteiger partial charge in [0.05, 0.1) is 5.92 Å². The summed E-state index contributed by atoms with van der Waals surface area (Å²) in [6.45, 7) is 7.48. The Labute approximate surface area is 104 Å². The van der Waals surface area contributed by atoms with Crippen LogP contribution in [0.1, 0.15) is 26.2 Å². The number of rotatable bonds is 4. The quantitative estimate of drug-likeness (QED) is 0.778. The molecule has 0 atom stereocenters. The van der Waals surface area contributed by atoms with E-state index < -0.39 is 0 Å². The maximum Gasteiger partial charge on any atom is 0.228 e. The van der Waals surface area contributed by atoms with Gasteiger partial charge in [0.1, 0.15) is 0 Å². The Balaban J connectivity index is 1.77. The third-order valence-electron chi connectivity index (χ3n) is 4.12. The van der Waals surface area contributed by atoms with Gasteiger partial charge in [-0.3, -0.25) is 4.79 Å². The van der Waals surface area contributed by atoms with Crippen LogP contribution in [0.5, 0.6) is 0 Å². The molecule has 0 radical (unpaired) electrons. The summed E-state index contributed by atoms with van der Waals surface area (Å²) in [6, 6.07) is 0.469. The zero-order valence-corrected chi connectivity index (χ0v) is 11.1. The van der Waals surface area contributed by atoms with Crippen LogP contribution in [-0.2, 0) is 4.79 Å². The lowest BCUT2D eigenvalue weighted by atomic mass is 9.98. The Morgan fingerprint density at radius 1 is 1.35 bits per heavy atom. The van der Waals surface area contributed by atoms with Gasteiger partial charge in [0.25, 0.3) is 0 Å². The lowest BCUT2D eigenvalue weighted by molar-refractivity contribution is -0.138. The van der Waals surface area contributed by atoms with Crippen molar-refractivity contribution >= 4 is 5.91 Å². The van der Waals surface area contributed by atoms with Gasteiger partial charge in [-0.25, -0.2) is 0 Å². The van der Waals surface area contributed by atoms with E-state index in [9.17, 15) is 4.79 Å². The molecule has 17 heavy (non-hydrogen) atoms. The molecule has 0 saturated carbocycles. The van der Waals surface area contributed by atoms with Crippen molar-refractivity contribution < 1.29 is 4.79 Å². The Bertz CT molecular complexity index is 257. The van der Waals surface area contributed by atoms with Crippen LogP contribution < -0.4 is 5.32 Å². The fourth-order valence-electron chi connectivity index (χ4n) is 2.78. The highest BCUT2D eigenvalue weighted by Crippen LogP contribution is 2.18. The summed E-state index contributed by atoms with van der Waals surface area (Å²) in [7, 11) is 1.99. The minimum atomic E-state index is 0.244. The number of carbonyl (C=O) groups is 1. The van der Waals surface area contributed by atoms with Gasteiger partial charge in [0.15, 0.2) is 0 Å². The molecule has 98 valence electrons. The summed E-state index contributed by atoms with van der Waals surface area (Å²) in [5.41, 5.74) is 0. The molecule has 0 aromatic heterocycles. The Hall–Kier alpha value is -0.610. The second-order valence-corrected chi connectivity index (χ2v) is 5.38. The predicted octanol–water partition coefficient (Wildman–Crippen LogP) is 0.539. The first-order valence-electron chi connectivity index (χ1n) is 6.92. The number of piperidine rings is 1. The van der Waals surface area contributed by atoms with Crippen molar-refractivity contribution in [2.75, 3.05) is 39.8 Å². The molecule has 2 aliphatic rings. The van der Waals surface area contributed by atoms with Gasteiger partial charge < -0.3 is 15.1 Å². The molecule has 4 heteroatoms. The number of hydrogen-bond acceptors (Lipinski definition) is 3. The lowest BCUT2D eigenvalue weighted by Gasteiger charge is -2.39.